The van der Waals surface area contributed by atoms with Gasteiger partial charge in [-0.2, -0.15) is 5.10 Å². The first-order valence-corrected chi connectivity index (χ1v) is 8.21. The molecule has 2 aromatic heterocycles. The summed E-state index contributed by atoms with van der Waals surface area (Å²) < 4.78 is 3.94. The molecule has 1 aliphatic carbocycles. The first kappa shape index (κ1) is 14.4. The fourth-order valence-electron chi connectivity index (χ4n) is 3.37. The second-order valence-corrected chi connectivity index (χ2v) is 6.73. The van der Waals surface area contributed by atoms with Gasteiger partial charge in [-0.3, -0.25) is 14.0 Å². The highest BCUT2D eigenvalue weighted by molar-refractivity contribution is 5.81. The third-order valence-electron chi connectivity index (χ3n) is 5.20. The van der Waals surface area contributed by atoms with Gasteiger partial charge in [0.15, 0.2) is 11.6 Å². The number of aromatic nitrogens is 5. The number of hydrogen-bond acceptors (Lipinski definition) is 4. The molecule has 2 aromatic rings. The average molecular weight is 314 g/mol. The predicted molar refractivity (Wildman–Crippen MR) is 83.8 cm³/mol. The average Bonchev–Trinajstić information content (AvgIpc) is 3.25. The largest absolute Gasteiger partial charge is 0.330 e. The summed E-state index contributed by atoms with van der Waals surface area (Å²) in [5.74, 6) is 1.88. The van der Waals surface area contributed by atoms with Crippen LogP contribution in [0.3, 0.4) is 0 Å². The Labute approximate surface area is 135 Å². The number of aryl methyl sites for hydroxylation is 1. The molecule has 2 aliphatic rings. The van der Waals surface area contributed by atoms with E-state index in [0.29, 0.717) is 19.1 Å². The molecular weight excluding hydrogens is 292 g/mol. The molecule has 4 rings (SSSR count). The Hall–Kier alpha value is -2.18. The maximum Gasteiger partial charge on any atom is 0.246 e. The first-order chi connectivity index (χ1) is 11.0. The lowest BCUT2D eigenvalue weighted by atomic mass is 10.2. The van der Waals surface area contributed by atoms with Crippen LogP contribution < -0.4 is 0 Å². The van der Waals surface area contributed by atoms with Gasteiger partial charge in [-0.15, -0.1) is 10.2 Å². The fraction of sp³-hybridized carbons (Fsp3) is 0.625. The van der Waals surface area contributed by atoms with Crippen LogP contribution in [-0.4, -0.2) is 41.4 Å². The molecule has 0 spiro atoms. The molecule has 1 fully saturated rings. The predicted octanol–water partition coefficient (Wildman–Crippen LogP) is 1.51. The van der Waals surface area contributed by atoms with Gasteiger partial charge in [0.05, 0.1) is 12.2 Å². The van der Waals surface area contributed by atoms with E-state index in [-0.39, 0.29) is 11.9 Å². The molecule has 3 heterocycles. The number of fused-ring (bicyclic) bond motifs is 1. The maximum atomic E-state index is 12.6. The molecule has 0 bridgehead atoms. The van der Waals surface area contributed by atoms with Crippen molar-refractivity contribution in [2.24, 2.45) is 0 Å². The monoisotopic (exact) mass is 314 g/mol. The van der Waals surface area contributed by atoms with Gasteiger partial charge in [-0.1, -0.05) is 0 Å². The van der Waals surface area contributed by atoms with Crippen molar-refractivity contribution in [1.29, 1.82) is 0 Å². The smallest absolute Gasteiger partial charge is 0.246 e. The molecule has 1 amide bonds. The van der Waals surface area contributed by atoms with Crippen molar-refractivity contribution in [3.8, 4) is 0 Å². The molecule has 122 valence electrons. The minimum Gasteiger partial charge on any atom is -0.330 e. The van der Waals surface area contributed by atoms with Crippen LogP contribution in [0.5, 0.6) is 0 Å². The van der Waals surface area contributed by atoms with Crippen LogP contribution in [0, 0.1) is 20.8 Å². The Morgan fingerprint density at radius 2 is 1.91 bits per heavy atom. The van der Waals surface area contributed by atoms with Crippen molar-refractivity contribution in [1.82, 2.24) is 29.4 Å². The number of amides is 1. The van der Waals surface area contributed by atoms with Gasteiger partial charge in [0.1, 0.15) is 12.6 Å². The minimum atomic E-state index is -0.234. The van der Waals surface area contributed by atoms with Crippen molar-refractivity contribution in [3.63, 3.8) is 0 Å². The Morgan fingerprint density at radius 1 is 1.17 bits per heavy atom. The molecule has 1 unspecified atom stereocenters. The van der Waals surface area contributed by atoms with Gasteiger partial charge < -0.3 is 4.90 Å². The minimum absolute atomic E-state index is 0.186. The third-order valence-corrected chi connectivity index (χ3v) is 5.20. The molecule has 23 heavy (non-hydrogen) atoms. The molecule has 1 atom stereocenters. The third kappa shape index (κ3) is 2.17. The molecule has 1 aliphatic heterocycles. The second-order valence-electron chi connectivity index (χ2n) is 6.73. The van der Waals surface area contributed by atoms with E-state index in [1.54, 1.807) is 0 Å². The summed E-state index contributed by atoms with van der Waals surface area (Å²) >= 11 is 0. The zero-order valence-corrected chi connectivity index (χ0v) is 14.1. The number of rotatable bonds is 3. The molecule has 7 nitrogen and oxygen atoms in total. The van der Waals surface area contributed by atoms with Gasteiger partial charge in [-0.25, -0.2) is 0 Å². The Morgan fingerprint density at radius 3 is 2.52 bits per heavy atom. The van der Waals surface area contributed by atoms with Gasteiger partial charge in [0.2, 0.25) is 5.91 Å². The number of nitrogens with zero attached hydrogens (tertiary/aromatic N) is 6. The van der Waals surface area contributed by atoms with Crippen LogP contribution in [0.15, 0.2) is 0 Å². The molecule has 7 heteroatoms. The fourth-order valence-corrected chi connectivity index (χ4v) is 3.37. The molecule has 0 aromatic carbocycles. The van der Waals surface area contributed by atoms with E-state index in [4.69, 9.17) is 0 Å². The van der Waals surface area contributed by atoms with Gasteiger partial charge in [0, 0.05) is 11.7 Å². The standard InChI is InChI=1S/C16H22N6O/c1-9-10(2)19-21(11(9)3)8-15-18-17-14-7-20(13-5-6-13)16(23)12(4)22(14)15/h12-13H,5-8H2,1-4H3. The summed E-state index contributed by atoms with van der Waals surface area (Å²) in [5.41, 5.74) is 3.37. The Balaban J connectivity index is 1.67. The van der Waals surface area contributed by atoms with E-state index >= 15 is 0 Å². The molecule has 1 saturated carbocycles. The second kappa shape index (κ2) is 4.91. The van der Waals surface area contributed by atoms with Crippen LogP contribution in [0.25, 0.3) is 0 Å². The van der Waals surface area contributed by atoms with E-state index in [1.807, 2.05) is 28.0 Å². The Bertz CT molecular complexity index is 785. The van der Waals surface area contributed by atoms with Crippen molar-refractivity contribution < 1.29 is 4.79 Å². The van der Waals surface area contributed by atoms with Crippen LogP contribution >= 0.6 is 0 Å². The van der Waals surface area contributed by atoms with E-state index < -0.39 is 0 Å². The SMILES string of the molecule is Cc1nn(Cc2nnc3n2C(C)C(=O)N(C2CC2)C3)c(C)c1C. The number of carbonyl (C=O) groups is 1. The quantitative estimate of drug-likeness (QED) is 0.861. The van der Waals surface area contributed by atoms with Crippen LogP contribution in [0.2, 0.25) is 0 Å². The number of carbonyl (C=O) groups excluding carboxylic acids is 1. The highest BCUT2D eigenvalue weighted by Gasteiger charge is 2.40. The summed E-state index contributed by atoms with van der Waals surface area (Å²) in [6.45, 7) is 9.22. The van der Waals surface area contributed by atoms with E-state index in [1.165, 1.54) is 5.56 Å². The van der Waals surface area contributed by atoms with Crippen molar-refractivity contribution in [3.05, 3.63) is 28.6 Å². The van der Waals surface area contributed by atoms with Gasteiger partial charge >= 0.3 is 0 Å². The van der Waals surface area contributed by atoms with Gasteiger partial charge in [-0.05, 0) is 46.1 Å². The lowest BCUT2D eigenvalue weighted by Crippen LogP contribution is -2.43. The normalized spacial score (nSPS) is 21.0. The topological polar surface area (TPSA) is 68.8 Å². The summed E-state index contributed by atoms with van der Waals surface area (Å²) in [5, 5.41) is 13.3. The summed E-state index contributed by atoms with van der Waals surface area (Å²) in [4.78, 5) is 14.6. The van der Waals surface area contributed by atoms with Crippen LogP contribution in [0.4, 0.5) is 0 Å². The molecule has 0 N–H and O–H groups in total. The lowest BCUT2D eigenvalue weighted by molar-refractivity contribution is -0.137. The van der Waals surface area contributed by atoms with Crippen molar-refractivity contribution in [2.45, 2.75) is 65.7 Å². The lowest BCUT2D eigenvalue weighted by Gasteiger charge is -2.32. The molecule has 0 saturated heterocycles. The van der Waals surface area contributed by atoms with Crippen molar-refractivity contribution >= 4 is 5.91 Å². The summed E-state index contributed by atoms with van der Waals surface area (Å²) in [6, 6.07) is 0.180. The highest BCUT2D eigenvalue weighted by Crippen LogP contribution is 2.33. The van der Waals surface area contributed by atoms with Crippen LogP contribution in [0.1, 0.15) is 54.4 Å². The molecular formula is C16H22N6O. The van der Waals surface area contributed by atoms with Gasteiger partial charge in [0.25, 0.3) is 0 Å². The summed E-state index contributed by atoms with van der Waals surface area (Å²) in [7, 11) is 0. The maximum absolute atomic E-state index is 12.6. The summed E-state index contributed by atoms with van der Waals surface area (Å²) in [6.07, 6.45) is 2.23. The van der Waals surface area contributed by atoms with E-state index in [9.17, 15) is 4.79 Å². The van der Waals surface area contributed by atoms with Crippen molar-refractivity contribution in [2.75, 3.05) is 0 Å². The zero-order valence-electron chi connectivity index (χ0n) is 14.1. The zero-order chi connectivity index (χ0) is 16.3. The van der Waals surface area contributed by atoms with E-state index in [2.05, 4.69) is 29.1 Å². The highest BCUT2D eigenvalue weighted by atomic mass is 16.2. The molecule has 0 radical (unpaired) electrons. The van der Waals surface area contributed by atoms with E-state index in [0.717, 1.165) is 35.9 Å². The van der Waals surface area contributed by atoms with Crippen LogP contribution in [-0.2, 0) is 17.9 Å². The Kier molecular flexibility index (Phi) is 3.08. The number of hydrogen-bond donors (Lipinski definition) is 0. The first-order valence-electron chi connectivity index (χ1n) is 8.21.